The summed E-state index contributed by atoms with van der Waals surface area (Å²) < 4.78 is 17.3. The van der Waals surface area contributed by atoms with E-state index >= 15 is 0 Å². The average molecular weight is 549 g/mol. The molecule has 41 heavy (non-hydrogen) atoms. The van der Waals surface area contributed by atoms with E-state index in [1.807, 2.05) is 60.7 Å². The molecule has 2 fully saturated rings. The van der Waals surface area contributed by atoms with Gasteiger partial charge in [-0.2, -0.15) is 0 Å². The maximum absolute atomic E-state index is 13.1. The summed E-state index contributed by atoms with van der Waals surface area (Å²) in [5.41, 5.74) is 5.20. The van der Waals surface area contributed by atoms with Crippen molar-refractivity contribution in [3.63, 3.8) is 0 Å². The molecule has 0 radical (unpaired) electrons. The van der Waals surface area contributed by atoms with Crippen LogP contribution in [0.1, 0.15) is 36.0 Å². The molecule has 4 aromatic rings. The van der Waals surface area contributed by atoms with E-state index in [9.17, 15) is 4.79 Å². The molecule has 0 aliphatic carbocycles. The lowest BCUT2D eigenvalue weighted by Gasteiger charge is -2.36. The molecule has 2 bridgehead atoms. The van der Waals surface area contributed by atoms with Crippen LogP contribution in [0, 0.1) is 0 Å². The molecule has 1 amide bonds. The van der Waals surface area contributed by atoms with Crippen molar-refractivity contribution in [2.24, 2.45) is 0 Å². The second-order valence-electron chi connectivity index (χ2n) is 11.0. The molecule has 2 aliphatic heterocycles. The number of ether oxygens (including phenoxy) is 3. The van der Waals surface area contributed by atoms with Gasteiger partial charge in [0.1, 0.15) is 23.4 Å². The van der Waals surface area contributed by atoms with E-state index < -0.39 is 0 Å². The van der Waals surface area contributed by atoms with E-state index in [1.165, 1.54) is 12.8 Å². The summed E-state index contributed by atoms with van der Waals surface area (Å²) in [7, 11) is 5.51. The third-order valence-electron chi connectivity index (χ3n) is 8.53. The second kappa shape index (κ2) is 11.7. The highest BCUT2D eigenvalue weighted by molar-refractivity contribution is 6.05. The number of carbonyl (C=O) groups is 1. The Hall–Kier alpha value is -4.29. The summed E-state index contributed by atoms with van der Waals surface area (Å²) in [6.07, 6.45) is 5.11. The van der Waals surface area contributed by atoms with Crippen molar-refractivity contribution in [3.05, 3.63) is 96.6 Å². The van der Waals surface area contributed by atoms with Gasteiger partial charge in [0.15, 0.2) is 0 Å². The Balaban J connectivity index is 1.11. The normalized spacial score (nSPS) is 19.9. The first-order chi connectivity index (χ1) is 20.0. The number of nitrogens with one attached hydrogen (secondary N) is 1. The molecular formula is C35H36N2O4. The molecule has 2 atom stereocenters. The topological polar surface area (TPSA) is 60.0 Å². The molecular weight excluding hydrogens is 512 g/mol. The molecule has 4 aromatic carbocycles. The van der Waals surface area contributed by atoms with Crippen molar-refractivity contribution in [2.45, 2.75) is 43.9 Å². The van der Waals surface area contributed by atoms with E-state index in [2.05, 4.69) is 41.5 Å². The average Bonchev–Trinajstić information content (AvgIpc) is 3.21. The third-order valence-corrected chi connectivity index (χ3v) is 8.53. The number of rotatable bonds is 8. The minimum Gasteiger partial charge on any atom is -0.497 e. The number of methoxy groups -OCH3 is 2. The largest absolute Gasteiger partial charge is 0.497 e. The molecule has 6 nitrogen and oxygen atoms in total. The Bertz CT molecular complexity index is 1500. The smallest absolute Gasteiger partial charge is 0.255 e. The fourth-order valence-electron chi connectivity index (χ4n) is 6.19. The zero-order valence-corrected chi connectivity index (χ0v) is 23.8. The molecule has 6 rings (SSSR count). The molecule has 6 heteroatoms. The Morgan fingerprint density at radius 1 is 0.756 bits per heavy atom. The molecule has 210 valence electrons. The minimum absolute atomic E-state index is 0.187. The lowest BCUT2D eigenvalue weighted by molar-refractivity contribution is 0.0662. The second-order valence-corrected chi connectivity index (χ2v) is 11.0. The fraction of sp³-hybridized carbons (Fsp3) is 0.286. The first-order valence-electron chi connectivity index (χ1n) is 14.2. The lowest BCUT2D eigenvalue weighted by atomic mass is 10.0. The van der Waals surface area contributed by atoms with Gasteiger partial charge in [0.25, 0.3) is 5.91 Å². The van der Waals surface area contributed by atoms with Crippen LogP contribution in [0.5, 0.6) is 17.2 Å². The number of piperidine rings is 1. The van der Waals surface area contributed by atoms with Crippen molar-refractivity contribution >= 4 is 11.6 Å². The first-order valence-corrected chi connectivity index (χ1v) is 14.2. The summed E-state index contributed by atoms with van der Waals surface area (Å²) in [6, 6.07) is 30.7. The molecule has 2 heterocycles. The lowest BCUT2D eigenvalue weighted by Crippen LogP contribution is -2.43. The van der Waals surface area contributed by atoms with Gasteiger partial charge in [-0.15, -0.1) is 0 Å². The van der Waals surface area contributed by atoms with Crippen molar-refractivity contribution in [1.82, 2.24) is 4.90 Å². The number of benzene rings is 4. The summed E-state index contributed by atoms with van der Waals surface area (Å²) in [4.78, 5) is 15.7. The van der Waals surface area contributed by atoms with Crippen LogP contribution in [-0.4, -0.2) is 50.3 Å². The molecule has 0 saturated carbocycles. The Morgan fingerprint density at radius 3 is 2.10 bits per heavy atom. The van der Waals surface area contributed by atoms with Crippen LogP contribution in [-0.2, 0) is 0 Å². The molecule has 2 aliphatic rings. The number of nitrogens with zero attached hydrogens (tertiary/aromatic N) is 1. The van der Waals surface area contributed by atoms with Gasteiger partial charge in [-0.25, -0.2) is 0 Å². The van der Waals surface area contributed by atoms with Gasteiger partial charge < -0.3 is 24.4 Å². The van der Waals surface area contributed by atoms with Crippen LogP contribution >= 0.6 is 0 Å². The van der Waals surface area contributed by atoms with E-state index in [0.717, 1.165) is 52.3 Å². The van der Waals surface area contributed by atoms with Crippen molar-refractivity contribution in [2.75, 3.05) is 26.6 Å². The Kier molecular flexibility index (Phi) is 7.66. The minimum atomic E-state index is -0.187. The standard InChI is InChI=1S/C35H36N2O4/c1-37-28-14-15-29(37)22-32(21-28)41-30-16-9-24(10-17-30)23-7-12-27(13-8-23)36-35(38)26-11-18-34(40-3)33(20-26)25-5-4-6-31(19-25)39-2/h4-13,16-20,28-29,32H,14-15,21-22H2,1-3H3,(H,36,38). The molecule has 2 saturated heterocycles. The zero-order valence-electron chi connectivity index (χ0n) is 23.8. The van der Waals surface area contributed by atoms with E-state index in [0.29, 0.717) is 29.5 Å². The Labute approximate surface area is 241 Å². The predicted molar refractivity (Wildman–Crippen MR) is 163 cm³/mol. The highest BCUT2D eigenvalue weighted by atomic mass is 16.5. The molecule has 0 aromatic heterocycles. The number of anilines is 1. The van der Waals surface area contributed by atoms with E-state index in [1.54, 1.807) is 20.3 Å². The van der Waals surface area contributed by atoms with Crippen molar-refractivity contribution < 1.29 is 19.0 Å². The maximum atomic E-state index is 13.1. The predicted octanol–water partition coefficient (Wildman–Crippen LogP) is 7.29. The highest BCUT2D eigenvalue weighted by Gasteiger charge is 2.39. The van der Waals surface area contributed by atoms with Gasteiger partial charge in [0.05, 0.1) is 14.2 Å². The fourth-order valence-corrected chi connectivity index (χ4v) is 6.19. The van der Waals surface area contributed by atoms with Gasteiger partial charge in [-0.1, -0.05) is 36.4 Å². The Morgan fingerprint density at radius 2 is 1.44 bits per heavy atom. The third kappa shape index (κ3) is 5.79. The van der Waals surface area contributed by atoms with Crippen LogP contribution in [0.25, 0.3) is 22.3 Å². The summed E-state index contributed by atoms with van der Waals surface area (Å²) in [5, 5.41) is 3.02. The highest BCUT2D eigenvalue weighted by Crippen LogP contribution is 2.36. The van der Waals surface area contributed by atoms with E-state index in [-0.39, 0.29) is 5.91 Å². The van der Waals surface area contributed by atoms with Crippen LogP contribution in [0.4, 0.5) is 5.69 Å². The van der Waals surface area contributed by atoms with E-state index in [4.69, 9.17) is 14.2 Å². The quantitative estimate of drug-likeness (QED) is 0.250. The summed E-state index contributed by atoms with van der Waals surface area (Å²) >= 11 is 0. The van der Waals surface area contributed by atoms with Crippen LogP contribution in [0.3, 0.4) is 0 Å². The number of hydrogen-bond donors (Lipinski definition) is 1. The maximum Gasteiger partial charge on any atom is 0.255 e. The summed E-state index contributed by atoms with van der Waals surface area (Å²) in [5.74, 6) is 2.17. The van der Waals surface area contributed by atoms with Crippen LogP contribution in [0.2, 0.25) is 0 Å². The van der Waals surface area contributed by atoms with Crippen LogP contribution in [0.15, 0.2) is 91.0 Å². The number of amides is 1. The van der Waals surface area contributed by atoms with Gasteiger partial charge >= 0.3 is 0 Å². The van der Waals surface area contributed by atoms with Crippen LogP contribution < -0.4 is 19.5 Å². The van der Waals surface area contributed by atoms with Crippen molar-refractivity contribution in [1.29, 1.82) is 0 Å². The number of carbonyl (C=O) groups excluding carboxylic acids is 1. The monoisotopic (exact) mass is 548 g/mol. The van der Waals surface area contributed by atoms with Gasteiger partial charge in [0.2, 0.25) is 0 Å². The zero-order chi connectivity index (χ0) is 28.3. The SMILES string of the molecule is COc1cccc(-c2cc(C(=O)Nc3ccc(-c4ccc(OC5CC6CCC(C5)N6C)cc4)cc3)ccc2OC)c1. The summed E-state index contributed by atoms with van der Waals surface area (Å²) in [6.45, 7) is 0. The number of hydrogen-bond acceptors (Lipinski definition) is 5. The van der Waals surface area contributed by atoms with Gasteiger partial charge in [0, 0.05) is 28.9 Å². The molecule has 1 N–H and O–H groups in total. The van der Waals surface area contributed by atoms with Gasteiger partial charge in [-0.05, 0) is 104 Å². The molecule has 0 spiro atoms. The number of fused-ring (bicyclic) bond motifs is 2. The van der Waals surface area contributed by atoms with Gasteiger partial charge in [-0.3, -0.25) is 4.79 Å². The molecule has 2 unspecified atom stereocenters. The first kappa shape index (κ1) is 26.9. The van der Waals surface area contributed by atoms with Crippen molar-refractivity contribution in [3.8, 4) is 39.5 Å².